The van der Waals surface area contributed by atoms with E-state index in [9.17, 15) is 0 Å². The van der Waals surface area contributed by atoms with Gasteiger partial charge >= 0.3 is 0 Å². The SMILES string of the molecule is CC1(C)c2ccccc2-c2cc(-c3ccc(-c4ccc5oc6cccc(-c7nc(-c8cccc(-c9ccccc9)c8)nc(-c8cccc9c8oc8ccccc89)n7)c6c5c4)cc3)ccc21. The first-order valence-corrected chi connectivity index (χ1v) is 22.1. The number of benzene rings is 9. The first-order valence-electron chi connectivity index (χ1n) is 22.1. The van der Waals surface area contributed by atoms with Gasteiger partial charge in [-0.25, -0.2) is 15.0 Å². The monoisotopic (exact) mass is 833 g/mol. The highest BCUT2D eigenvalue weighted by Crippen LogP contribution is 2.50. The highest BCUT2D eigenvalue weighted by molar-refractivity contribution is 6.13. The standard InChI is InChI=1S/C60H39N3O2/c1-60(2)50-22-8-6-17-43(50)48-34-40(29-31-51(48)60)37-25-27-38(28-26-37)41-30-32-53-49(35-41)55-46(20-12-24-54(55)64-53)58-61-57(42-16-10-15-39(33-42)36-13-4-3-5-14-36)62-59(63-58)47-21-11-19-45-44-18-7-9-23-52(44)65-56(45)47/h3-35H,1-2H3. The Morgan fingerprint density at radius 3 is 1.72 bits per heavy atom. The summed E-state index contributed by atoms with van der Waals surface area (Å²) in [6.07, 6.45) is 0. The van der Waals surface area contributed by atoms with Crippen molar-refractivity contribution in [1.29, 1.82) is 0 Å². The highest BCUT2D eigenvalue weighted by Gasteiger charge is 2.35. The third-order valence-corrected chi connectivity index (χ3v) is 13.4. The fraction of sp³-hybridized carbons (Fsp3) is 0.0500. The van der Waals surface area contributed by atoms with Gasteiger partial charge in [-0.1, -0.05) is 172 Å². The zero-order valence-corrected chi connectivity index (χ0v) is 35.7. The summed E-state index contributed by atoms with van der Waals surface area (Å²) in [6, 6.07) is 70.3. The van der Waals surface area contributed by atoms with Crippen molar-refractivity contribution in [2.75, 3.05) is 0 Å². The molecule has 0 atom stereocenters. The molecule has 0 N–H and O–H groups in total. The molecule has 5 heteroatoms. The Balaban J connectivity index is 0.938. The molecule has 0 spiro atoms. The molecule has 3 heterocycles. The lowest BCUT2D eigenvalue weighted by atomic mass is 9.82. The maximum atomic E-state index is 6.56. The molecule has 13 rings (SSSR count). The van der Waals surface area contributed by atoms with Crippen LogP contribution in [0.25, 0.3) is 123 Å². The van der Waals surface area contributed by atoms with Crippen LogP contribution >= 0.6 is 0 Å². The Bertz CT molecular complexity index is 3860. The molecule has 0 amide bonds. The fourth-order valence-electron chi connectivity index (χ4n) is 10.1. The third kappa shape index (κ3) is 5.97. The van der Waals surface area contributed by atoms with Crippen molar-refractivity contribution in [1.82, 2.24) is 15.0 Å². The van der Waals surface area contributed by atoms with E-state index in [2.05, 4.69) is 166 Å². The van der Waals surface area contributed by atoms with Gasteiger partial charge in [-0.2, -0.15) is 0 Å². The first-order chi connectivity index (χ1) is 31.9. The van der Waals surface area contributed by atoms with Crippen LogP contribution in [0.1, 0.15) is 25.0 Å². The quantitative estimate of drug-likeness (QED) is 0.167. The van der Waals surface area contributed by atoms with Crippen molar-refractivity contribution in [2.24, 2.45) is 0 Å². The van der Waals surface area contributed by atoms with E-state index in [1.54, 1.807) is 0 Å². The molecule has 0 unspecified atom stereocenters. The molecule has 65 heavy (non-hydrogen) atoms. The summed E-state index contributed by atoms with van der Waals surface area (Å²) in [6.45, 7) is 4.65. The molecular weight excluding hydrogens is 795 g/mol. The molecule has 1 aliphatic rings. The van der Waals surface area contributed by atoms with Crippen LogP contribution in [0.2, 0.25) is 0 Å². The van der Waals surface area contributed by atoms with Crippen LogP contribution < -0.4 is 0 Å². The van der Waals surface area contributed by atoms with Crippen LogP contribution in [0.5, 0.6) is 0 Å². The molecule has 306 valence electrons. The number of aromatic nitrogens is 3. The Morgan fingerprint density at radius 1 is 0.323 bits per heavy atom. The number of hydrogen-bond acceptors (Lipinski definition) is 5. The minimum absolute atomic E-state index is 0.0171. The lowest BCUT2D eigenvalue weighted by Gasteiger charge is -2.21. The Labute approximate surface area is 375 Å². The minimum Gasteiger partial charge on any atom is -0.456 e. The molecule has 9 aromatic carbocycles. The van der Waals surface area contributed by atoms with Crippen LogP contribution in [0.3, 0.4) is 0 Å². The predicted molar refractivity (Wildman–Crippen MR) is 265 cm³/mol. The van der Waals surface area contributed by atoms with Gasteiger partial charge in [-0.3, -0.25) is 0 Å². The maximum Gasteiger partial charge on any atom is 0.167 e. The maximum absolute atomic E-state index is 6.56. The molecule has 0 radical (unpaired) electrons. The van der Waals surface area contributed by atoms with Gasteiger partial charge in [0, 0.05) is 38.1 Å². The summed E-state index contributed by atoms with van der Waals surface area (Å²) in [4.78, 5) is 15.7. The average Bonchev–Trinajstić information content (AvgIpc) is 4.01. The van der Waals surface area contributed by atoms with E-state index in [1.807, 2.05) is 48.5 Å². The molecule has 0 bridgehead atoms. The molecule has 5 nitrogen and oxygen atoms in total. The molecule has 3 aromatic heterocycles. The summed E-state index contributed by atoms with van der Waals surface area (Å²) < 4.78 is 13.1. The molecule has 1 aliphatic carbocycles. The van der Waals surface area contributed by atoms with E-state index in [4.69, 9.17) is 23.8 Å². The van der Waals surface area contributed by atoms with E-state index in [1.165, 1.54) is 33.4 Å². The summed E-state index contributed by atoms with van der Waals surface area (Å²) in [5.74, 6) is 1.64. The van der Waals surface area contributed by atoms with Gasteiger partial charge in [-0.05, 0) is 98.1 Å². The van der Waals surface area contributed by atoms with Gasteiger partial charge < -0.3 is 8.83 Å². The van der Waals surface area contributed by atoms with Crippen molar-refractivity contribution >= 4 is 43.9 Å². The number of para-hydroxylation sites is 2. The van der Waals surface area contributed by atoms with Gasteiger partial charge in [0.2, 0.25) is 0 Å². The Morgan fingerprint density at radius 2 is 0.862 bits per heavy atom. The van der Waals surface area contributed by atoms with Gasteiger partial charge in [0.25, 0.3) is 0 Å². The van der Waals surface area contributed by atoms with Crippen molar-refractivity contribution in [3.05, 3.63) is 211 Å². The summed E-state index contributed by atoms with van der Waals surface area (Å²) >= 11 is 0. The molecular formula is C60H39N3O2. The number of hydrogen-bond donors (Lipinski definition) is 0. The van der Waals surface area contributed by atoms with Crippen molar-refractivity contribution in [2.45, 2.75) is 19.3 Å². The summed E-state index contributed by atoms with van der Waals surface area (Å²) in [5, 5.41) is 4.00. The molecule has 0 fully saturated rings. The van der Waals surface area contributed by atoms with Crippen LogP contribution in [0.15, 0.2) is 209 Å². The summed E-state index contributed by atoms with van der Waals surface area (Å²) in [7, 11) is 0. The number of fused-ring (bicyclic) bond motifs is 9. The van der Waals surface area contributed by atoms with Crippen LogP contribution in [0.4, 0.5) is 0 Å². The number of rotatable bonds is 6. The fourth-order valence-corrected chi connectivity index (χ4v) is 10.1. The Hall–Kier alpha value is -8.41. The second kappa shape index (κ2) is 14.3. The molecule has 0 saturated carbocycles. The van der Waals surface area contributed by atoms with Gasteiger partial charge in [0.05, 0.1) is 5.56 Å². The van der Waals surface area contributed by atoms with Gasteiger partial charge in [0.15, 0.2) is 17.5 Å². The largest absolute Gasteiger partial charge is 0.456 e. The van der Waals surface area contributed by atoms with Gasteiger partial charge in [0.1, 0.15) is 22.3 Å². The number of nitrogens with zero attached hydrogens (tertiary/aromatic N) is 3. The molecule has 0 saturated heterocycles. The second-order valence-electron chi connectivity index (χ2n) is 17.5. The average molecular weight is 834 g/mol. The number of furan rings is 2. The predicted octanol–water partition coefficient (Wildman–Crippen LogP) is 16.0. The smallest absolute Gasteiger partial charge is 0.167 e. The van der Waals surface area contributed by atoms with Crippen molar-refractivity contribution < 1.29 is 8.83 Å². The van der Waals surface area contributed by atoms with Gasteiger partial charge in [-0.15, -0.1) is 0 Å². The summed E-state index contributed by atoms with van der Waals surface area (Å²) in [5.41, 5.74) is 17.9. The van der Waals surface area contributed by atoms with Crippen molar-refractivity contribution in [3.8, 4) is 78.7 Å². The van der Waals surface area contributed by atoms with E-state index in [-0.39, 0.29) is 5.41 Å². The van der Waals surface area contributed by atoms with Crippen LogP contribution in [-0.2, 0) is 5.41 Å². The molecule has 12 aromatic rings. The minimum atomic E-state index is -0.0171. The van der Waals surface area contributed by atoms with E-state index >= 15 is 0 Å². The zero-order valence-electron chi connectivity index (χ0n) is 35.7. The van der Waals surface area contributed by atoms with E-state index in [0.29, 0.717) is 17.5 Å². The van der Waals surface area contributed by atoms with Crippen molar-refractivity contribution in [3.63, 3.8) is 0 Å². The van der Waals surface area contributed by atoms with Crippen LogP contribution in [-0.4, -0.2) is 15.0 Å². The third-order valence-electron chi connectivity index (χ3n) is 13.4. The molecule has 0 aliphatic heterocycles. The lowest BCUT2D eigenvalue weighted by molar-refractivity contribution is 0.660. The van der Waals surface area contributed by atoms with E-state index in [0.717, 1.165) is 82.8 Å². The van der Waals surface area contributed by atoms with Crippen LogP contribution in [0, 0.1) is 0 Å². The zero-order chi connectivity index (χ0) is 43.2. The Kier molecular flexibility index (Phi) is 8.18. The highest BCUT2D eigenvalue weighted by atomic mass is 16.3. The van der Waals surface area contributed by atoms with E-state index < -0.39 is 0 Å². The normalized spacial score (nSPS) is 12.9. The first kappa shape index (κ1) is 37.2. The topological polar surface area (TPSA) is 65.0 Å². The lowest BCUT2D eigenvalue weighted by Crippen LogP contribution is -2.14. The second-order valence-corrected chi connectivity index (χ2v) is 17.5.